The number of hydrogen-bond donors (Lipinski definition) is 2. The standard InChI is InChI=1S/C15H19FN4O/c1-4-17-13-8-14(20-15(19-13)9-21-3)18-11-6-5-10(2)12(16)7-11/h5-8H,4,9H2,1-3H3,(H2,17,18,19,20). The molecule has 0 amide bonds. The minimum absolute atomic E-state index is 0.252. The van der Waals surface area contributed by atoms with Gasteiger partial charge in [-0.1, -0.05) is 6.07 Å². The summed E-state index contributed by atoms with van der Waals surface area (Å²) in [6.45, 7) is 4.78. The van der Waals surface area contributed by atoms with Crippen molar-refractivity contribution < 1.29 is 9.13 Å². The first-order valence-corrected chi connectivity index (χ1v) is 6.76. The fourth-order valence-electron chi connectivity index (χ4n) is 1.84. The SMILES string of the molecule is CCNc1cc(Nc2ccc(C)c(F)c2)nc(COC)n1. The number of anilines is 3. The highest BCUT2D eigenvalue weighted by Crippen LogP contribution is 2.20. The van der Waals surface area contributed by atoms with Crippen LogP contribution in [-0.4, -0.2) is 23.6 Å². The van der Waals surface area contributed by atoms with Gasteiger partial charge in [0, 0.05) is 25.4 Å². The lowest BCUT2D eigenvalue weighted by atomic mass is 10.2. The molecule has 0 atom stereocenters. The fraction of sp³-hybridized carbons (Fsp3) is 0.333. The monoisotopic (exact) mass is 290 g/mol. The predicted molar refractivity (Wildman–Crippen MR) is 81.3 cm³/mol. The molecule has 5 nitrogen and oxygen atoms in total. The van der Waals surface area contributed by atoms with Gasteiger partial charge in [-0.05, 0) is 31.5 Å². The van der Waals surface area contributed by atoms with Gasteiger partial charge in [0.25, 0.3) is 0 Å². The Morgan fingerprint density at radius 3 is 2.62 bits per heavy atom. The van der Waals surface area contributed by atoms with Gasteiger partial charge < -0.3 is 15.4 Å². The van der Waals surface area contributed by atoms with Crippen molar-refractivity contribution in [2.75, 3.05) is 24.3 Å². The van der Waals surface area contributed by atoms with Crippen molar-refractivity contribution in [1.82, 2.24) is 9.97 Å². The molecule has 1 heterocycles. The van der Waals surface area contributed by atoms with E-state index in [4.69, 9.17) is 4.74 Å². The second-order valence-electron chi connectivity index (χ2n) is 4.61. The Labute approximate surface area is 123 Å². The molecule has 0 bridgehead atoms. The molecule has 2 N–H and O–H groups in total. The number of aromatic nitrogens is 2. The van der Waals surface area contributed by atoms with E-state index in [1.807, 2.05) is 13.0 Å². The molecular weight excluding hydrogens is 271 g/mol. The van der Waals surface area contributed by atoms with Crippen molar-refractivity contribution in [3.63, 3.8) is 0 Å². The minimum Gasteiger partial charge on any atom is -0.377 e. The van der Waals surface area contributed by atoms with Crippen LogP contribution in [0.4, 0.5) is 21.7 Å². The molecule has 0 radical (unpaired) electrons. The van der Waals surface area contributed by atoms with Gasteiger partial charge in [-0.15, -0.1) is 0 Å². The van der Waals surface area contributed by atoms with E-state index < -0.39 is 0 Å². The molecule has 0 saturated heterocycles. The zero-order valence-corrected chi connectivity index (χ0v) is 12.4. The van der Waals surface area contributed by atoms with E-state index in [-0.39, 0.29) is 5.82 Å². The smallest absolute Gasteiger partial charge is 0.158 e. The van der Waals surface area contributed by atoms with Crippen LogP contribution in [0.5, 0.6) is 0 Å². The number of nitrogens with zero attached hydrogens (tertiary/aromatic N) is 2. The Hall–Kier alpha value is -2.21. The van der Waals surface area contributed by atoms with Crippen LogP contribution in [0.25, 0.3) is 0 Å². The second-order valence-corrected chi connectivity index (χ2v) is 4.61. The molecule has 0 unspecified atom stereocenters. The Balaban J connectivity index is 2.26. The molecule has 0 aliphatic heterocycles. The summed E-state index contributed by atoms with van der Waals surface area (Å²) in [6.07, 6.45) is 0. The van der Waals surface area contributed by atoms with Crippen molar-refractivity contribution in [3.8, 4) is 0 Å². The highest BCUT2D eigenvalue weighted by atomic mass is 19.1. The summed E-state index contributed by atoms with van der Waals surface area (Å²) >= 11 is 0. The number of aryl methyl sites for hydroxylation is 1. The van der Waals surface area contributed by atoms with Crippen LogP contribution in [-0.2, 0) is 11.3 Å². The lowest BCUT2D eigenvalue weighted by Gasteiger charge is -2.11. The van der Waals surface area contributed by atoms with Gasteiger partial charge in [-0.3, -0.25) is 0 Å². The number of halogens is 1. The van der Waals surface area contributed by atoms with Crippen LogP contribution < -0.4 is 10.6 Å². The Morgan fingerprint density at radius 2 is 1.95 bits per heavy atom. The number of hydrogen-bond acceptors (Lipinski definition) is 5. The highest BCUT2D eigenvalue weighted by Gasteiger charge is 2.06. The molecule has 2 aromatic rings. The average molecular weight is 290 g/mol. The molecule has 0 aliphatic carbocycles. The van der Waals surface area contributed by atoms with Gasteiger partial charge in [0.15, 0.2) is 5.82 Å². The van der Waals surface area contributed by atoms with E-state index in [0.29, 0.717) is 35.3 Å². The van der Waals surface area contributed by atoms with Crippen LogP contribution in [0.2, 0.25) is 0 Å². The predicted octanol–water partition coefficient (Wildman–Crippen LogP) is 3.25. The average Bonchev–Trinajstić information content (AvgIpc) is 2.43. The normalized spacial score (nSPS) is 10.5. The van der Waals surface area contributed by atoms with E-state index in [1.54, 1.807) is 26.2 Å². The lowest BCUT2D eigenvalue weighted by molar-refractivity contribution is 0.178. The van der Waals surface area contributed by atoms with Crippen molar-refractivity contribution in [1.29, 1.82) is 0 Å². The summed E-state index contributed by atoms with van der Waals surface area (Å²) in [5.41, 5.74) is 1.25. The molecule has 0 saturated carbocycles. The molecule has 1 aromatic heterocycles. The van der Waals surface area contributed by atoms with E-state index in [9.17, 15) is 4.39 Å². The van der Waals surface area contributed by atoms with Gasteiger partial charge in [0.05, 0.1) is 0 Å². The summed E-state index contributed by atoms with van der Waals surface area (Å²) in [4.78, 5) is 8.67. The van der Waals surface area contributed by atoms with Gasteiger partial charge in [0.1, 0.15) is 24.1 Å². The van der Waals surface area contributed by atoms with E-state index in [2.05, 4.69) is 20.6 Å². The fourth-order valence-corrected chi connectivity index (χ4v) is 1.84. The molecule has 112 valence electrons. The third-order valence-electron chi connectivity index (χ3n) is 2.85. The first kappa shape index (κ1) is 15.2. The van der Waals surface area contributed by atoms with Crippen molar-refractivity contribution in [3.05, 3.63) is 41.5 Å². The summed E-state index contributed by atoms with van der Waals surface area (Å²) in [6, 6.07) is 6.75. The second kappa shape index (κ2) is 6.99. The van der Waals surface area contributed by atoms with E-state index in [1.165, 1.54) is 6.07 Å². The summed E-state index contributed by atoms with van der Waals surface area (Å²) in [5.74, 6) is 1.61. The molecule has 21 heavy (non-hydrogen) atoms. The molecule has 1 aromatic carbocycles. The molecular formula is C15H19FN4O. The lowest BCUT2D eigenvalue weighted by Crippen LogP contribution is -2.07. The molecule has 0 spiro atoms. The summed E-state index contributed by atoms with van der Waals surface area (Å²) < 4.78 is 18.6. The van der Waals surface area contributed by atoms with Crippen molar-refractivity contribution in [2.24, 2.45) is 0 Å². The highest BCUT2D eigenvalue weighted by molar-refractivity contribution is 5.59. The Bertz CT molecular complexity index is 594. The largest absolute Gasteiger partial charge is 0.377 e. The topological polar surface area (TPSA) is 59.1 Å². The van der Waals surface area contributed by atoms with Crippen LogP contribution in [0.15, 0.2) is 24.3 Å². The Morgan fingerprint density at radius 1 is 1.19 bits per heavy atom. The van der Waals surface area contributed by atoms with Crippen LogP contribution in [0, 0.1) is 12.7 Å². The van der Waals surface area contributed by atoms with Crippen LogP contribution >= 0.6 is 0 Å². The summed E-state index contributed by atoms with van der Waals surface area (Å²) in [5, 5.41) is 6.22. The Kier molecular flexibility index (Phi) is 5.05. The van der Waals surface area contributed by atoms with E-state index >= 15 is 0 Å². The first-order valence-electron chi connectivity index (χ1n) is 6.76. The first-order chi connectivity index (χ1) is 10.1. The number of benzene rings is 1. The molecule has 0 aliphatic rings. The van der Waals surface area contributed by atoms with Crippen LogP contribution in [0.1, 0.15) is 18.3 Å². The summed E-state index contributed by atoms with van der Waals surface area (Å²) in [7, 11) is 1.59. The molecule has 2 rings (SSSR count). The third-order valence-corrected chi connectivity index (χ3v) is 2.85. The third kappa shape index (κ3) is 4.13. The van der Waals surface area contributed by atoms with Gasteiger partial charge in [-0.2, -0.15) is 0 Å². The zero-order valence-electron chi connectivity index (χ0n) is 12.4. The van der Waals surface area contributed by atoms with Crippen LogP contribution in [0.3, 0.4) is 0 Å². The maximum absolute atomic E-state index is 13.6. The maximum atomic E-state index is 13.6. The van der Waals surface area contributed by atoms with Gasteiger partial charge >= 0.3 is 0 Å². The van der Waals surface area contributed by atoms with Gasteiger partial charge in [-0.25, -0.2) is 14.4 Å². The number of methoxy groups -OCH3 is 1. The molecule has 6 heteroatoms. The zero-order chi connectivity index (χ0) is 15.2. The van der Waals surface area contributed by atoms with Crippen molar-refractivity contribution >= 4 is 17.3 Å². The van der Waals surface area contributed by atoms with E-state index in [0.717, 1.165) is 6.54 Å². The number of rotatable bonds is 6. The molecule has 0 fully saturated rings. The minimum atomic E-state index is -0.252. The number of ether oxygens (including phenoxy) is 1. The quantitative estimate of drug-likeness (QED) is 0.855. The van der Waals surface area contributed by atoms with Crippen molar-refractivity contribution in [2.45, 2.75) is 20.5 Å². The maximum Gasteiger partial charge on any atom is 0.158 e. The number of nitrogens with one attached hydrogen (secondary N) is 2. The van der Waals surface area contributed by atoms with Gasteiger partial charge in [0.2, 0.25) is 0 Å².